The molecule has 0 atom stereocenters. The Hall–Kier alpha value is -3.43. The highest BCUT2D eigenvalue weighted by atomic mass is 19.4. The zero-order chi connectivity index (χ0) is 20.3. The van der Waals surface area contributed by atoms with E-state index in [0.717, 1.165) is 6.07 Å². The third-order valence-corrected chi connectivity index (χ3v) is 3.64. The van der Waals surface area contributed by atoms with Crippen LogP contribution in [-0.4, -0.2) is 27.5 Å². The molecule has 0 aliphatic rings. The number of ether oxygens (including phenoxy) is 1. The van der Waals surface area contributed by atoms with Crippen molar-refractivity contribution in [2.45, 2.75) is 13.1 Å². The van der Waals surface area contributed by atoms with Crippen molar-refractivity contribution in [2.75, 3.05) is 11.9 Å². The number of aromatic nitrogens is 3. The molecule has 0 saturated heterocycles. The fourth-order valence-corrected chi connectivity index (χ4v) is 2.48. The van der Waals surface area contributed by atoms with Crippen LogP contribution in [0.15, 0.2) is 48.5 Å². The van der Waals surface area contributed by atoms with Crippen LogP contribution in [0.4, 0.5) is 23.2 Å². The van der Waals surface area contributed by atoms with E-state index >= 15 is 0 Å². The van der Waals surface area contributed by atoms with Crippen LogP contribution in [0.2, 0.25) is 0 Å². The molecule has 0 spiro atoms. The highest BCUT2D eigenvalue weighted by Gasteiger charge is 2.42. The summed E-state index contributed by atoms with van der Waals surface area (Å²) in [5.41, 5.74) is -2.21. The van der Waals surface area contributed by atoms with Crippen LogP contribution in [0.5, 0.6) is 5.75 Å². The van der Waals surface area contributed by atoms with Crippen molar-refractivity contribution in [1.82, 2.24) is 15.0 Å². The van der Waals surface area contributed by atoms with Gasteiger partial charge in [0.25, 0.3) is 5.91 Å². The average molecular weight is 394 g/mol. The molecule has 1 aromatic heterocycles. The quantitative estimate of drug-likeness (QED) is 0.663. The van der Waals surface area contributed by atoms with Crippen molar-refractivity contribution >= 4 is 11.6 Å². The van der Waals surface area contributed by atoms with Crippen molar-refractivity contribution in [2.24, 2.45) is 0 Å². The van der Waals surface area contributed by atoms with E-state index in [1.807, 2.05) is 0 Å². The fourth-order valence-electron chi connectivity index (χ4n) is 2.48. The summed E-state index contributed by atoms with van der Waals surface area (Å²) in [5, 5.41) is 9.05. The van der Waals surface area contributed by atoms with Gasteiger partial charge >= 0.3 is 6.18 Å². The molecule has 0 unspecified atom stereocenters. The summed E-state index contributed by atoms with van der Waals surface area (Å²) in [6.07, 6.45) is -4.89. The third-order valence-electron chi connectivity index (χ3n) is 3.64. The number of nitrogens with zero attached hydrogens (tertiary/aromatic N) is 3. The normalized spacial score (nSPS) is 11.3. The topological polar surface area (TPSA) is 69.0 Å². The Kier molecular flexibility index (Phi) is 5.30. The monoisotopic (exact) mass is 394 g/mol. The van der Waals surface area contributed by atoms with Gasteiger partial charge in [-0.1, -0.05) is 23.4 Å². The molecule has 28 heavy (non-hydrogen) atoms. The number of carbonyl (C=O) groups is 1. The summed E-state index contributed by atoms with van der Waals surface area (Å²) in [6.45, 7) is 1.91. The number of carbonyl (C=O) groups excluding carboxylic acids is 1. The van der Waals surface area contributed by atoms with E-state index in [0.29, 0.717) is 4.68 Å². The Bertz CT molecular complexity index is 987. The lowest BCUT2D eigenvalue weighted by Crippen LogP contribution is -2.21. The molecule has 6 nitrogen and oxygen atoms in total. The third kappa shape index (κ3) is 3.95. The van der Waals surface area contributed by atoms with Gasteiger partial charge in [-0.3, -0.25) is 4.79 Å². The molecular formula is C18H14F4N4O2. The second kappa shape index (κ2) is 7.67. The van der Waals surface area contributed by atoms with Crippen molar-refractivity contribution in [3.05, 3.63) is 65.7 Å². The minimum atomic E-state index is -4.89. The Balaban J connectivity index is 1.94. The van der Waals surface area contributed by atoms with Gasteiger partial charge in [-0.25, -0.2) is 9.07 Å². The van der Waals surface area contributed by atoms with Gasteiger partial charge in [0.1, 0.15) is 0 Å². The van der Waals surface area contributed by atoms with Crippen LogP contribution in [0, 0.1) is 5.82 Å². The van der Waals surface area contributed by atoms with Crippen LogP contribution in [0.25, 0.3) is 5.69 Å². The predicted molar refractivity (Wildman–Crippen MR) is 91.9 cm³/mol. The van der Waals surface area contributed by atoms with Gasteiger partial charge in [-0.2, -0.15) is 13.2 Å². The van der Waals surface area contributed by atoms with Crippen molar-refractivity contribution in [1.29, 1.82) is 0 Å². The Labute approximate surface area is 156 Å². The lowest BCUT2D eigenvalue weighted by atomic mass is 10.2. The number of nitrogens with one attached hydrogen (secondary N) is 1. The summed E-state index contributed by atoms with van der Waals surface area (Å²) in [5.74, 6) is -1.96. The molecule has 0 aliphatic heterocycles. The Morgan fingerprint density at radius 1 is 1.18 bits per heavy atom. The zero-order valence-corrected chi connectivity index (χ0v) is 14.5. The molecule has 0 bridgehead atoms. The van der Waals surface area contributed by atoms with Gasteiger partial charge in [0.2, 0.25) is 0 Å². The summed E-state index contributed by atoms with van der Waals surface area (Å²) in [7, 11) is 0. The lowest BCUT2D eigenvalue weighted by Gasteiger charge is -2.11. The SMILES string of the molecule is CCOc1ccc(NC(=O)c2nnn(-c3ccccc3)c2C(F)(F)F)cc1F. The van der Waals surface area contributed by atoms with Gasteiger partial charge in [0.15, 0.2) is 23.0 Å². The largest absolute Gasteiger partial charge is 0.491 e. The molecule has 0 fully saturated rings. The Morgan fingerprint density at radius 3 is 2.50 bits per heavy atom. The number of halogens is 4. The summed E-state index contributed by atoms with van der Waals surface area (Å²) >= 11 is 0. The predicted octanol–water partition coefficient (Wildman–Crippen LogP) is 4.08. The molecule has 0 aliphatic carbocycles. The van der Waals surface area contributed by atoms with E-state index in [1.54, 1.807) is 13.0 Å². The summed E-state index contributed by atoms with van der Waals surface area (Å²) in [6, 6.07) is 11.0. The fraction of sp³-hybridized carbons (Fsp3) is 0.167. The smallest absolute Gasteiger partial charge is 0.435 e. The molecule has 146 valence electrons. The standard InChI is InChI=1S/C18H14F4N4O2/c1-2-28-14-9-8-11(10-13(14)19)23-17(27)15-16(18(20,21)22)26(25-24-15)12-6-4-3-5-7-12/h3-10H,2H2,1H3,(H,23,27). The highest BCUT2D eigenvalue weighted by Crippen LogP contribution is 2.33. The molecule has 1 heterocycles. The minimum absolute atomic E-state index is 0.0356. The van der Waals surface area contributed by atoms with E-state index in [1.165, 1.54) is 36.4 Å². The number of hydrogen-bond donors (Lipinski definition) is 1. The van der Waals surface area contributed by atoms with Crippen LogP contribution in [0.1, 0.15) is 23.1 Å². The van der Waals surface area contributed by atoms with Crippen molar-refractivity contribution in [3.63, 3.8) is 0 Å². The lowest BCUT2D eigenvalue weighted by molar-refractivity contribution is -0.143. The molecule has 0 radical (unpaired) electrons. The molecule has 10 heteroatoms. The molecule has 2 aromatic carbocycles. The minimum Gasteiger partial charge on any atom is -0.491 e. The number of benzene rings is 2. The van der Waals surface area contributed by atoms with Gasteiger partial charge < -0.3 is 10.1 Å². The maximum Gasteiger partial charge on any atom is 0.435 e. The first-order valence-electron chi connectivity index (χ1n) is 8.13. The number of rotatable bonds is 5. The molecule has 3 rings (SSSR count). The number of hydrogen-bond acceptors (Lipinski definition) is 4. The Morgan fingerprint density at radius 2 is 1.89 bits per heavy atom. The second-order valence-corrected chi connectivity index (χ2v) is 5.56. The molecule has 0 saturated carbocycles. The first-order chi connectivity index (χ1) is 13.3. The van der Waals surface area contributed by atoms with Crippen LogP contribution < -0.4 is 10.1 Å². The average Bonchev–Trinajstić information content (AvgIpc) is 3.11. The number of alkyl halides is 3. The van der Waals surface area contributed by atoms with Gasteiger partial charge in [-0.05, 0) is 31.2 Å². The first-order valence-corrected chi connectivity index (χ1v) is 8.13. The summed E-state index contributed by atoms with van der Waals surface area (Å²) < 4.78 is 60.2. The van der Waals surface area contributed by atoms with E-state index < -0.39 is 29.3 Å². The number of para-hydroxylation sites is 1. The van der Waals surface area contributed by atoms with Crippen molar-refractivity contribution < 1.29 is 27.1 Å². The molecule has 1 N–H and O–H groups in total. The summed E-state index contributed by atoms with van der Waals surface area (Å²) in [4.78, 5) is 12.4. The number of anilines is 1. The number of amides is 1. The zero-order valence-electron chi connectivity index (χ0n) is 14.5. The molecular weight excluding hydrogens is 380 g/mol. The van der Waals surface area contributed by atoms with Gasteiger partial charge in [-0.15, -0.1) is 5.10 Å². The van der Waals surface area contributed by atoms with E-state index in [-0.39, 0.29) is 23.7 Å². The van der Waals surface area contributed by atoms with E-state index in [9.17, 15) is 22.4 Å². The van der Waals surface area contributed by atoms with E-state index in [2.05, 4.69) is 15.6 Å². The van der Waals surface area contributed by atoms with E-state index in [4.69, 9.17) is 4.74 Å². The maximum atomic E-state index is 13.9. The van der Waals surface area contributed by atoms with Crippen molar-refractivity contribution in [3.8, 4) is 11.4 Å². The van der Waals surface area contributed by atoms with Crippen LogP contribution >= 0.6 is 0 Å². The first kappa shape index (κ1) is 19.3. The molecule has 1 amide bonds. The van der Waals surface area contributed by atoms with Crippen LogP contribution in [0.3, 0.4) is 0 Å². The molecule has 3 aromatic rings. The van der Waals surface area contributed by atoms with Gasteiger partial charge in [0.05, 0.1) is 12.3 Å². The maximum absolute atomic E-state index is 13.9. The van der Waals surface area contributed by atoms with Gasteiger partial charge in [0, 0.05) is 11.8 Å². The van der Waals surface area contributed by atoms with Crippen LogP contribution in [-0.2, 0) is 6.18 Å². The highest BCUT2D eigenvalue weighted by molar-refractivity contribution is 6.03. The second-order valence-electron chi connectivity index (χ2n) is 5.56.